The third-order valence-corrected chi connectivity index (χ3v) is 4.69. The Balaban J connectivity index is 2.26. The van der Waals surface area contributed by atoms with E-state index >= 15 is 0 Å². The molecule has 4 heteroatoms. The van der Waals surface area contributed by atoms with Gasteiger partial charge in [-0.05, 0) is 66.6 Å². The van der Waals surface area contributed by atoms with Crippen molar-refractivity contribution in [3.63, 3.8) is 0 Å². The van der Waals surface area contributed by atoms with Crippen LogP contribution in [0.25, 0.3) is 0 Å². The third-order valence-electron chi connectivity index (χ3n) is 4.10. The van der Waals surface area contributed by atoms with E-state index in [2.05, 4.69) is 22.9 Å². The fourth-order valence-corrected chi connectivity index (χ4v) is 3.53. The van der Waals surface area contributed by atoms with Crippen molar-refractivity contribution in [1.82, 2.24) is 0 Å². The molecular weight excluding hydrogens is 332 g/mol. The van der Waals surface area contributed by atoms with Crippen molar-refractivity contribution in [2.24, 2.45) is 5.92 Å². The summed E-state index contributed by atoms with van der Waals surface area (Å²) in [6.07, 6.45) is 7.03. The van der Waals surface area contributed by atoms with E-state index < -0.39 is 0 Å². The molecule has 116 valence electrons. The van der Waals surface area contributed by atoms with Crippen LogP contribution in [0.1, 0.15) is 56.3 Å². The van der Waals surface area contributed by atoms with Gasteiger partial charge in [0.15, 0.2) is 11.5 Å². The van der Waals surface area contributed by atoms with Crippen molar-refractivity contribution in [3.05, 3.63) is 22.2 Å². The van der Waals surface area contributed by atoms with Gasteiger partial charge >= 0.3 is 0 Å². The van der Waals surface area contributed by atoms with Crippen LogP contribution in [-0.2, 0) is 0 Å². The summed E-state index contributed by atoms with van der Waals surface area (Å²) in [7, 11) is 0. The number of hydrogen-bond acceptors (Lipinski definition) is 3. The molecule has 1 fully saturated rings. The summed E-state index contributed by atoms with van der Waals surface area (Å²) in [5, 5.41) is 0. The van der Waals surface area contributed by atoms with Gasteiger partial charge in [0, 0.05) is 5.56 Å². The Labute approximate surface area is 135 Å². The van der Waals surface area contributed by atoms with Crippen LogP contribution in [0.15, 0.2) is 16.6 Å². The number of aldehydes is 1. The summed E-state index contributed by atoms with van der Waals surface area (Å²) in [4.78, 5) is 11.0. The highest BCUT2D eigenvalue weighted by Gasteiger charge is 2.27. The monoisotopic (exact) mass is 354 g/mol. The lowest BCUT2D eigenvalue weighted by Gasteiger charge is -2.32. The highest BCUT2D eigenvalue weighted by molar-refractivity contribution is 9.10. The van der Waals surface area contributed by atoms with Gasteiger partial charge in [0.1, 0.15) is 12.4 Å². The molecule has 2 atom stereocenters. The molecule has 0 saturated heterocycles. The van der Waals surface area contributed by atoms with Gasteiger partial charge in [-0.15, -0.1) is 0 Å². The predicted molar refractivity (Wildman–Crippen MR) is 87.4 cm³/mol. The molecular formula is C17H23BrO3. The maximum absolute atomic E-state index is 11.0. The maximum atomic E-state index is 11.0. The highest BCUT2D eigenvalue weighted by atomic mass is 79.9. The quantitative estimate of drug-likeness (QED) is 0.673. The minimum Gasteiger partial charge on any atom is -0.490 e. The number of carbonyl (C=O) groups is 1. The van der Waals surface area contributed by atoms with E-state index in [0.29, 0.717) is 23.8 Å². The van der Waals surface area contributed by atoms with Crippen LogP contribution >= 0.6 is 15.9 Å². The molecule has 0 radical (unpaired) electrons. The van der Waals surface area contributed by atoms with E-state index in [1.165, 1.54) is 19.3 Å². The van der Waals surface area contributed by atoms with E-state index in [1.54, 1.807) is 12.1 Å². The number of rotatable bonds is 6. The molecule has 1 aromatic carbocycles. The normalized spacial score (nSPS) is 21.9. The molecule has 21 heavy (non-hydrogen) atoms. The second-order valence-electron chi connectivity index (χ2n) is 5.49. The third kappa shape index (κ3) is 4.00. The van der Waals surface area contributed by atoms with Gasteiger partial charge < -0.3 is 9.47 Å². The SMILES string of the molecule is CCOc1cc(C=O)cc(Br)c1OC1CCCCC1CC. The smallest absolute Gasteiger partial charge is 0.175 e. The summed E-state index contributed by atoms with van der Waals surface area (Å²) in [5.74, 6) is 1.98. The Morgan fingerprint density at radius 3 is 2.71 bits per heavy atom. The molecule has 0 aliphatic heterocycles. The average Bonchev–Trinajstić information content (AvgIpc) is 2.51. The summed E-state index contributed by atoms with van der Waals surface area (Å²) in [6.45, 7) is 4.70. The van der Waals surface area contributed by atoms with Crippen LogP contribution in [0, 0.1) is 5.92 Å². The lowest BCUT2D eigenvalue weighted by atomic mass is 9.85. The van der Waals surface area contributed by atoms with Crippen LogP contribution in [-0.4, -0.2) is 19.0 Å². The second kappa shape index (κ2) is 7.83. The largest absolute Gasteiger partial charge is 0.490 e. The lowest BCUT2D eigenvalue weighted by Crippen LogP contribution is -2.30. The van der Waals surface area contributed by atoms with Crippen LogP contribution in [0.5, 0.6) is 11.5 Å². The molecule has 1 aromatic rings. The van der Waals surface area contributed by atoms with E-state index in [9.17, 15) is 4.79 Å². The fraction of sp³-hybridized carbons (Fsp3) is 0.588. The molecule has 1 aliphatic rings. The molecule has 0 bridgehead atoms. The standard InChI is InChI=1S/C17H23BrO3/c1-3-13-7-5-6-8-15(13)21-17-14(18)9-12(11-19)10-16(17)20-4-2/h9-11,13,15H,3-8H2,1-2H3. The zero-order chi connectivity index (χ0) is 15.2. The van der Waals surface area contributed by atoms with Crippen LogP contribution < -0.4 is 9.47 Å². The van der Waals surface area contributed by atoms with Gasteiger partial charge in [-0.3, -0.25) is 4.79 Å². The fourth-order valence-electron chi connectivity index (χ4n) is 2.98. The summed E-state index contributed by atoms with van der Waals surface area (Å²) >= 11 is 3.51. The van der Waals surface area contributed by atoms with Crippen molar-refractivity contribution < 1.29 is 14.3 Å². The number of benzene rings is 1. The molecule has 0 amide bonds. The van der Waals surface area contributed by atoms with Crippen LogP contribution in [0.4, 0.5) is 0 Å². The van der Waals surface area contributed by atoms with Crippen LogP contribution in [0.2, 0.25) is 0 Å². The molecule has 2 rings (SSSR count). The first-order valence-corrected chi connectivity index (χ1v) is 8.57. The Morgan fingerprint density at radius 2 is 2.05 bits per heavy atom. The molecule has 1 aliphatic carbocycles. The van der Waals surface area contributed by atoms with Crippen molar-refractivity contribution in [1.29, 1.82) is 0 Å². The summed E-state index contributed by atoms with van der Waals surface area (Å²) in [6, 6.07) is 3.54. The minimum absolute atomic E-state index is 0.237. The molecule has 3 nitrogen and oxygen atoms in total. The predicted octanol–water partition coefficient (Wildman–Crippen LogP) is 5.01. The Hall–Kier alpha value is -1.03. The second-order valence-corrected chi connectivity index (χ2v) is 6.34. The molecule has 0 spiro atoms. The van der Waals surface area contributed by atoms with Gasteiger partial charge in [0.05, 0.1) is 11.1 Å². The minimum atomic E-state index is 0.237. The first-order valence-electron chi connectivity index (χ1n) is 7.77. The van der Waals surface area contributed by atoms with Gasteiger partial charge in [-0.1, -0.05) is 13.3 Å². The van der Waals surface area contributed by atoms with Crippen molar-refractivity contribution in [2.45, 2.75) is 52.1 Å². The van der Waals surface area contributed by atoms with E-state index in [0.717, 1.165) is 29.4 Å². The number of ether oxygens (including phenoxy) is 2. The van der Waals surface area contributed by atoms with Gasteiger partial charge in [-0.25, -0.2) is 0 Å². The first kappa shape index (κ1) is 16.3. The first-order chi connectivity index (χ1) is 10.2. The maximum Gasteiger partial charge on any atom is 0.175 e. The van der Waals surface area contributed by atoms with Gasteiger partial charge in [-0.2, -0.15) is 0 Å². The zero-order valence-electron chi connectivity index (χ0n) is 12.7. The number of carbonyl (C=O) groups excluding carboxylic acids is 1. The van der Waals surface area contributed by atoms with Crippen molar-refractivity contribution >= 4 is 22.2 Å². The van der Waals surface area contributed by atoms with E-state index in [1.807, 2.05) is 6.92 Å². The van der Waals surface area contributed by atoms with Crippen LogP contribution in [0.3, 0.4) is 0 Å². The Bertz CT molecular complexity index is 487. The highest BCUT2D eigenvalue weighted by Crippen LogP contribution is 2.40. The number of hydrogen-bond donors (Lipinski definition) is 0. The summed E-state index contributed by atoms with van der Waals surface area (Å²) < 4.78 is 12.7. The average molecular weight is 355 g/mol. The Morgan fingerprint density at radius 1 is 1.29 bits per heavy atom. The topological polar surface area (TPSA) is 35.5 Å². The molecule has 2 unspecified atom stereocenters. The Kier molecular flexibility index (Phi) is 6.09. The van der Waals surface area contributed by atoms with Gasteiger partial charge in [0.2, 0.25) is 0 Å². The van der Waals surface area contributed by atoms with Crippen molar-refractivity contribution in [3.8, 4) is 11.5 Å². The molecule has 0 aromatic heterocycles. The molecule has 0 N–H and O–H groups in total. The number of halogens is 1. The molecule has 1 saturated carbocycles. The summed E-state index contributed by atoms with van der Waals surface area (Å²) in [5.41, 5.74) is 0.591. The van der Waals surface area contributed by atoms with Gasteiger partial charge in [0.25, 0.3) is 0 Å². The van der Waals surface area contributed by atoms with E-state index in [4.69, 9.17) is 9.47 Å². The molecule has 0 heterocycles. The van der Waals surface area contributed by atoms with Crippen molar-refractivity contribution in [2.75, 3.05) is 6.61 Å². The van der Waals surface area contributed by atoms with E-state index in [-0.39, 0.29) is 6.10 Å². The zero-order valence-corrected chi connectivity index (χ0v) is 14.3. The lowest BCUT2D eigenvalue weighted by molar-refractivity contribution is 0.0857.